The van der Waals surface area contributed by atoms with Gasteiger partial charge in [-0.05, 0) is 42.2 Å². The van der Waals surface area contributed by atoms with Gasteiger partial charge in [0.2, 0.25) is 12.7 Å². The van der Waals surface area contributed by atoms with Gasteiger partial charge in [0.25, 0.3) is 5.91 Å². The van der Waals surface area contributed by atoms with Crippen LogP contribution in [0, 0.1) is 5.92 Å². The summed E-state index contributed by atoms with van der Waals surface area (Å²) in [6, 6.07) is 17.4. The number of carbonyl (C=O) groups is 2. The van der Waals surface area contributed by atoms with Crippen molar-refractivity contribution in [3.63, 3.8) is 0 Å². The second-order valence-corrected chi connectivity index (χ2v) is 8.57. The quantitative estimate of drug-likeness (QED) is 0.640. The fourth-order valence-corrected chi connectivity index (χ4v) is 4.69. The highest BCUT2D eigenvalue weighted by Crippen LogP contribution is 2.50. The van der Waals surface area contributed by atoms with Crippen LogP contribution in [0.15, 0.2) is 54.6 Å². The molecule has 1 aromatic heterocycles. The van der Waals surface area contributed by atoms with E-state index in [4.69, 9.17) is 9.47 Å². The number of rotatable bonds is 3. The second kappa shape index (κ2) is 7.51. The van der Waals surface area contributed by atoms with Gasteiger partial charge >= 0.3 is 0 Å². The van der Waals surface area contributed by atoms with E-state index >= 15 is 0 Å². The van der Waals surface area contributed by atoms with Crippen molar-refractivity contribution in [3.8, 4) is 11.5 Å². The lowest BCUT2D eigenvalue weighted by molar-refractivity contribution is -0.134. The summed E-state index contributed by atoms with van der Waals surface area (Å²) >= 11 is 0. The Morgan fingerprint density at radius 1 is 0.875 bits per heavy atom. The van der Waals surface area contributed by atoms with Gasteiger partial charge in [-0.2, -0.15) is 0 Å². The molecule has 7 heteroatoms. The lowest BCUT2D eigenvalue weighted by atomic mass is 10.1. The largest absolute Gasteiger partial charge is 0.454 e. The molecule has 32 heavy (non-hydrogen) atoms. The van der Waals surface area contributed by atoms with Crippen LogP contribution in [0.5, 0.6) is 11.5 Å². The Hall–Kier alpha value is -3.61. The van der Waals surface area contributed by atoms with Crippen molar-refractivity contribution in [2.45, 2.75) is 12.3 Å². The van der Waals surface area contributed by atoms with Gasteiger partial charge in [0.15, 0.2) is 11.5 Å². The lowest BCUT2D eigenvalue weighted by Crippen LogP contribution is -2.51. The van der Waals surface area contributed by atoms with Crippen molar-refractivity contribution < 1.29 is 19.1 Å². The minimum absolute atomic E-state index is 0.0137. The molecule has 2 amide bonds. The van der Waals surface area contributed by atoms with Crippen LogP contribution in [0.25, 0.3) is 10.9 Å². The zero-order valence-corrected chi connectivity index (χ0v) is 17.6. The van der Waals surface area contributed by atoms with Crippen LogP contribution in [-0.2, 0) is 4.79 Å². The van der Waals surface area contributed by atoms with E-state index in [2.05, 4.69) is 4.98 Å². The van der Waals surface area contributed by atoms with Gasteiger partial charge in [-0.1, -0.05) is 30.3 Å². The molecule has 2 aromatic carbocycles. The maximum absolute atomic E-state index is 13.0. The topological polar surface area (TPSA) is 72.0 Å². The van der Waals surface area contributed by atoms with Crippen LogP contribution >= 0.6 is 0 Å². The molecule has 3 aliphatic rings. The van der Waals surface area contributed by atoms with Gasteiger partial charge in [0.05, 0.1) is 5.52 Å². The molecule has 1 saturated carbocycles. The molecular weight excluding hydrogens is 406 g/mol. The number of aromatic nitrogens is 1. The first-order chi connectivity index (χ1) is 15.7. The van der Waals surface area contributed by atoms with Crippen LogP contribution in [0.2, 0.25) is 0 Å². The fraction of sp³-hybridized carbons (Fsp3) is 0.320. The number of carbonyl (C=O) groups excluding carboxylic acids is 2. The number of hydrogen-bond donors (Lipinski definition) is 0. The van der Waals surface area contributed by atoms with Crippen LogP contribution < -0.4 is 9.47 Å². The molecule has 2 fully saturated rings. The fourth-order valence-electron chi connectivity index (χ4n) is 4.69. The van der Waals surface area contributed by atoms with Crippen LogP contribution in [-0.4, -0.2) is 59.6 Å². The Labute approximate surface area is 185 Å². The SMILES string of the molecule is O=C(c1ccc2ccccc2n1)N1CCN(C(=O)C2CC2c2ccc3c(c2)OCO3)CC1. The second-order valence-electron chi connectivity index (χ2n) is 8.57. The highest BCUT2D eigenvalue weighted by molar-refractivity contribution is 5.95. The Kier molecular flexibility index (Phi) is 4.48. The average molecular weight is 429 g/mol. The molecule has 3 heterocycles. The molecule has 0 N–H and O–H groups in total. The van der Waals surface area contributed by atoms with Crippen LogP contribution in [0.4, 0.5) is 0 Å². The van der Waals surface area contributed by atoms with Crippen LogP contribution in [0.1, 0.15) is 28.4 Å². The molecule has 6 rings (SSSR count). The van der Waals surface area contributed by atoms with Crippen molar-refractivity contribution >= 4 is 22.7 Å². The molecule has 3 aromatic rings. The van der Waals surface area contributed by atoms with Gasteiger partial charge in [0, 0.05) is 37.5 Å². The molecule has 162 valence electrons. The van der Waals surface area contributed by atoms with Crippen LogP contribution in [0.3, 0.4) is 0 Å². The number of ether oxygens (including phenoxy) is 2. The monoisotopic (exact) mass is 429 g/mol. The van der Waals surface area contributed by atoms with E-state index in [1.165, 1.54) is 0 Å². The van der Waals surface area contributed by atoms with Crippen molar-refractivity contribution in [3.05, 3.63) is 65.9 Å². The van der Waals surface area contributed by atoms with E-state index in [0.717, 1.165) is 34.4 Å². The molecule has 0 spiro atoms. The molecule has 1 aliphatic carbocycles. The third kappa shape index (κ3) is 3.34. The van der Waals surface area contributed by atoms with Gasteiger partial charge < -0.3 is 19.3 Å². The first kappa shape index (κ1) is 19.1. The molecule has 2 unspecified atom stereocenters. The van der Waals surface area contributed by atoms with E-state index in [0.29, 0.717) is 31.9 Å². The van der Waals surface area contributed by atoms with Gasteiger partial charge in [-0.25, -0.2) is 4.98 Å². The number of amides is 2. The molecular formula is C25H23N3O4. The summed E-state index contributed by atoms with van der Waals surface area (Å²) in [7, 11) is 0. The maximum Gasteiger partial charge on any atom is 0.272 e. The minimum atomic E-state index is -0.0764. The summed E-state index contributed by atoms with van der Waals surface area (Å²) in [5.41, 5.74) is 2.40. The number of nitrogens with zero attached hydrogens (tertiary/aromatic N) is 3. The Morgan fingerprint density at radius 2 is 1.66 bits per heavy atom. The first-order valence-corrected chi connectivity index (χ1v) is 11.0. The summed E-state index contributed by atoms with van der Waals surface area (Å²) in [5.74, 6) is 1.88. The Balaban J connectivity index is 1.07. The molecule has 1 saturated heterocycles. The number of benzene rings is 2. The molecule has 2 aliphatic heterocycles. The van der Waals surface area contributed by atoms with Crippen molar-refractivity contribution in [2.24, 2.45) is 5.92 Å². The summed E-state index contributed by atoms with van der Waals surface area (Å²) in [6.45, 7) is 2.43. The molecule has 2 atom stereocenters. The minimum Gasteiger partial charge on any atom is -0.454 e. The van der Waals surface area contributed by atoms with Gasteiger partial charge in [0.1, 0.15) is 5.69 Å². The maximum atomic E-state index is 13.0. The standard InChI is InChI=1S/C25H23N3O4/c29-24(19-14-18(19)17-6-8-22-23(13-17)32-15-31-22)27-9-11-28(12-10-27)25(30)21-7-5-16-3-1-2-4-20(16)26-21/h1-8,13,18-19H,9-12,14-15H2. The third-order valence-electron chi connectivity index (χ3n) is 6.63. The summed E-state index contributed by atoms with van der Waals surface area (Å²) in [4.78, 5) is 34.2. The lowest BCUT2D eigenvalue weighted by Gasteiger charge is -2.34. The van der Waals surface area contributed by atoms with E-state index < -0.39 is 0 Å². The molecule has 7 nitrogen and oxygen atoms in total. The Morgan fingerprint density at radius 3 is 2.53 bits per heavy atom. The van der Waals surface area contributed by atoms with Crippen molar-refractivity contribution in [1.29, 1.82) is 0 Å². The summed E-state index contributed by atoms with van der Waals surface area (Å²) < 4.78 is 10.8. The first-order valence-electron chi connectivity index (χ1n) is 11.0. The molecule has 0 radical (unpaired) electrons. The van der Waals surface area contributed by atoms with Gasteiger partial charge in [-0.15, -0.1) is 0 Å². The molecule has 0 bridgehead atoms. The predicted octanol–water partition coefficient (Wildman–Crippen LogP) is 3.05. The predicted molar refractivity (Wildman–Crippen MR) is 118 cm³/mol. The van der Waals surface area contributed by atoms with Gasteiger partial charge in [-0.3, -0.25) is 9.59 Å². The number of fused-ring (bicyclic) bond motifs is 2. The average Bonchev–Trinajstić information content (AvgIpc) is 3.51. The number of para-hydroxylation sites is 1. The van der Waals surface area contributed by atoms with E-state index in [-0.39, 0.29) is 30.4 Å². The Bertz CT molecular complexity index is 1220. The zero-order chi connectivity index (χ0) is 21.7. The summed E-state index contributed by atoms with van der Waals surface area (Å²) in [5, 5.41) is 1.01. The number of pyridine rings is 1. The smallest absolute Gasteiger partial charge is 0.272 e. The number of hydrogen-bond acceptors (Lipinski definition) is 5. The van der Waals surface area contributed by atoms with Crippen molar-refractivity contribution in [1.82, 2.24) is 14.8 Å². The van der Waals surface area contributed by atoms with E-state index in [9.17, 15) is 9.59 Å². The third-order valence-corrected chi connectivity index (χ3v) is 6.63. The zero-order valence-electron chi connectivity index (χ0n) is 17.6. The normalized spacial score (nSPS) is 21.6. The summed E-state index contributed by atoms with van der Waals surface area (Å²) in [6.07, 6.45) is 0.860. The van der Waals surface area contributed by atoms with E-state index in [1.54, 1.807) is 11.0 Å². The van der Waals surface area contributed by atoms with E-state index in [1.807, 2.05) is 53.4 Å². The number of piperazine rings is 1. The highest BCUT2D eigenvalue weighted by Gasteiger charge is 2.46. The highest BCUT2D eigenvalue weighted by atomic mass is 16.7. The van der Waals surface area contributed by atoms with Crippen molar-refractivity contribution in [2.75, 3.05) is 33.0 Å².